The van der Waals surface area contributed by atoms with E-state index in [9.17, 15) is 4.79 Å². The molecule has 3 heteroatoms. The Kier molecular flexibility index (Phi) is 2.75. The zero-order valence-corrected chi connectivity index (χ0v) is 10.6. The third-order valence-electron chi connectivity index (χ3n) is 3.47. The molecular formula is C16H14O3. The molecule has 0 aromatic heterocycles. The molecule has 96 valence electrons. The maximum atomic E-state index is 11.7. The molecule has 0 saturated heterocycles. The highest BCUT2D eigenvalue weighted by Crippen LogP contribution is 2.50. The van der Waals surface area contributed by atoms with Crippen LogP contribution >= 0.6 is 0 Å². The second kappa shape index (κ2) is 4.43. The predicted molar refractivity (Wildman–Crippen MR) is 70.9 cm³/mol. The lowest BCUT2D eigenvalue weighted by Crippen LogP contribution is -2.44. The standard InChI is InChI=1S/C16H14O3/c1-18-15(17)11-16(12-7-3-2-4-8-12)13-9-5-6-10-14(13)19-16/h2-10H,11H2,1H3. The molecule has 1 aliphatic heterocycles. The number of carbonyl (C=O) groups excluding carboxylic acids is 1. The summed E-state index contributed by atoms with van der Waals surface area (Å²) in [5.41, 5.74) is 1.30. The first kappa shape index (κ1) is 11.8. The highest BCUT2D eigenvalue weighted by Gasteiger charge is 2.48. The van der Waals surface area contributed by atoms with E-state index >= 15 is 0 Å². The first-order valence-electron chi connectivity index (χ1n) is 6.17. The molecule has 1 aliphatic rings. The van der Waals surface area contributed by atoms with Crippen LogP contribution in [-0.2, 0) is 15.1 Å². The minimum atomic E-state index is -0.703. The number of benzene rings is 2. The fraction of sp³-hybridized carbons (Fsp3) is 0.188. The van der Waals surface area contributed by atoms with Crippen molar-refractivity contribution in [1.29, 1.82) is 0 Å². The first-order chi connectivity index (χ1) is 9.26. The van der Waals surface area contributed by atoms with E-state index in [1.165, 1.54) is 7.11 Å². The van der Waals surface area contributed by atoms with Crippen molar-refractivity contribution in [3.63, 3.8) is 0 Å². The molecule has 0 spiro atoms. The van der Waals surface area contributed by atoms with E-state index in [0.29, 0.717) is 0 Å². The number of hydrogen-bond acceptors (Lipinski definition) is 3. The van der Waals surface area contributed by atoms with Gasteiger partial charge in [0.05, 0.1) is 13.5 Å². The molecule has 1 heterocycles. The second-order valence-electron chi connectivity index (χ2n) is 4.54. The normalized spacial score (nSPS) is 19.8. The summed E-state index contributed by atoms with van der Waals surface area (Å²) in [4.78, 5) is 11.7. The van der Waals surface area contributed by atoms with Gasteiger partial charge >= 0.3 is 5.97 Å². The quantitative estimate of drug-likeness (QED) is 0.790. The number of carbonyl (C=O) groups is 1. The Morgan fingerprint density at radius 1 is 1.11 bits per heavy atom. The molecule has 1 unspecified atom stereocenters. The Hall–Kier alpha value is -2.29. The number of esters is 1. The van der Waals surface area contributed by atoms with E-state index in [1.54, 1.807) is 0 Å². The Morgan fingerprint density at radius 2 is 1.79 bits per heavy atom. The summed E-state index contributed by atoms with van der Waals surface area (Å²) in [6.45, 7) is 0. The van der Waals surface area contributed by atoms with Crippen molar-refractivity contribution >= 4 is 5.97 Å². The van der Waals surface area contributed by atoms with Crippen molar-refractivity contribution in [2.45, 2.75) is 12.0 Å². The molecule has 0 fully saturated rings. The van der Waals surface area contributed by atoms with Crippen LogP contribution in [0, 0.1) is 0 Å². The van der Waals surface area contributed by atoms with Gasteiger partial charge in [0.15, 0.2) is 5.60 Å². The van der Waals surface area contributed by atoms with Crippen molar-refractivity contribution in [3.8, 4) is 5.75 Å². The van der Waals surface area contributed by atoms with Crippen molar-refractivity contribution in [2.75, 3.05) is 7.11 Å². The third-order valence-corrected chi connectivity index (χ3v) is 3.47. The largest absolute Gasteiger partial charge is 0.477 e. The molecule has 0 amide bonds. The maximum Gasteiger partial charge on any atom is 0.310 e. The van der Waals surface area contributed by atoms with Crippen LogP contribution in [0.15, 0.2) is 54.6 Å². The molecule has 0 saturated carbocycles. The third kappa shape index (κ3) is 1.78. The summed E-state index contributed by atoms with van der Waals surface area (Å²) in [7, 11) is 1.39. The number of methoxy groups -OCH3 is 1. The molecule has 3 nitrogen and oxygen atoms in total. The molecule has 2 aromatic carbocycles. The Labute approximate surface area is 111 Å². The summed E-state index contributed by atoms with van der Waals surface area (Å²) in [5.74, 6) is 0.550. The predicted octanol–water partition coefficient (Wildman–Crippen LogP) is 2.89. The Morgan fingerprint density at radius 3 is 2.47 bits per heavy atom. The van der Waals surface area contributed by atoms with Gasteiger partial charge in [-0.05, 0) is 6.07 Å². The molecule has 1 atom stereocenters. The van der Waals surface area contributed by atoms with Crippen LogP contribution in [0.25, 0.3) is 0 Å². The van der Waals surface area contributed by atoms with Crippen molar-refractivity contribution in [2.24, 2.45) is 0 Å². The zero-order valence-electron chi connectivity index (χ0n) is 10.6. The van der Waals surface area contributed by atoms with Gasteiger partial charge < -0.3 is 9.47 Å². The number of fused-ring (bicyclic) bond motifs is 1. The summed E-state index contributed by atoms with van der Waals surface area (Å²) in [6, 6.07) is 17.6. The Balaban J connectivity index is 2.07. The number of rotatable bonds is 3. The molecule has 0 N–H and O–H groups in total. The minimum Gasteiger partial charge on any atom is -0.477 e. The van der Waals surface area contributed by atoms with Crippen LogP contribution in [-0.4, -0.2) is 13.1 Å². The van der Waals surface area contributed by atoms with Gasteiger partial charge in [0, 0.05) is 11.1 Å². The van der Waals surface area contributed by atoms with E-state index < -0.39 is 5.60 Å². The summed E-state index contributed by atoms with van der Waals surface area (Å²) in [5, 5.41) is 0. The SMILES string of the molecule is COC(=O)CC1(c2ccccc2)Oc2ccccc21. The lowest BCUT2D eigenvalue weighted by Gasteiger charge is -2.43. The molecule has 19 heavy (non-hydrogen) atoms. The van der Waals surface area contributed by atoms with Crippen molar-refractivity contribution in [3.05, 3.63) is 65.7 Å². The molecule has 0 bridgehead atoms. The fourth-order valence-electron chi connectivity index (χ4n) is 2.52. The van der Waals surface area contributed by atoms with Gasteiger partial charge in [0.25, 0.3) is 0 Å². The molecular weight excluding hydrogens is 240 g/mol. The van der Waals surface area contributed by atoms with Crippen LogP contribution in [0.4, 0.5) is 0 Å². The number of hydrogen-bond donors (Lipinski definition) is 0. The topological polar surface area (TPSA) is 35.5 Å². The van der Waals surface area contributed by atoms with E-state index in [2.05, 4.69) is 0 Å². The number of ether oxygens (including phenoxy) is 2. The fourth-order valence-corrected chi connectivity index (χ4v) is 2.52. The van der Waals surface area contributed by atoms with E-state index in [-0.39, 0.29) is 12.4 Å². The van der Waals surface area contributed by atoms with Gasteiger partial charge in [-0.25, -0.2) is 0 Å². The van der Waals surface area contributed by atoms with Crippen LogP contribution in [0.1, 0.15) is 17.5 Å². The van der Waals surface area contributed by atoms with E-state index in [4.69, 9.17) is 9.47 Å². The van der Waals surface area contributed by atoms with Crippen LogP contribution in [0.3, 0.4) is 0 Å². The van der Waals surface area contributed by atoms with Crippen molar-refractivity contribution in [1.82, 2.24) is 0 Å². The van der Waals surface area contributed by atoms with Gasteiger partial charge in [-0.2, -0.15) is 0 Å². The van der Waals surface area contributed by atoms with Gasteiger partial charge in [-0.3, -0.25) is 4.79 Å². The Bertz CT molecular complexity index is 606. The zero-order chi connectivity index (χ0) is 13.3. The smallest absolute Gasteiger partial charge is 0.310 e. The van der Waals surface area contributed by atoms with Gasteiger partial charge in [-0.15, -0.1) is 0 Å². The van der Waals surface area contributed by atoms with Gasteiger partial charge in [-0.1, -0.05) is 48.5 Å². The highest BCUT2D eigenvalue weighted by molar-refractivity contribution is 5.74. The molecule has 0 radical (unpaired) electrons. The lowest BCUT2D eigenvalue weighted by atomic mass is 9.79. The first-order valence-corrected chi connectivity index (χ1v) is 6.17. The highest BCUT2D eigenvalue weighted by atomic mass is 16.5. The van der Waals surface area contributed by atoms with E-state index in [1.807, 2.05) is 54.6 Å². The maximum absolute atomic E-state index is 11.7. The lowest BCUT2D eigenvalue weighted by molar-refractivity contribution is -0.145. The van der Waals surface area contributed by atoms with Crippen LogP contribution < -0.4 is 4.74 Å². The van der Waals surface area contributed by atoms with E-state index in [0.717, 1.165) is 16.9 Å². The molecule has 0 aliphatic carbocycles. The summed E-state index contributed by atoms with van der Waals surface area (Å²) in [6.07, 6.45) is 0.185. The molecule has 3 rings (SSSR count). The monoisotopic (exact) mass is 254 g/mol. The molecule has 2 aromatic rings. The van der Waals surface area contributed by atoms with Gasteiger partial charge in [0.2, 0.25) is 0 Å². The average Bonchev–Trinajstić information content (AvgIpc) is 2.45. The summed E-state index contributed by atoms with van der Waals surface area (Å²) < 4.78 is 10.7. The second-order valence-corrected chi connectivity index (χ2v) is 4.54. The van der Waals surface area contributed by atoms with Crippen molar-refractivity contribution < 1.29 is 14.3 Å². The summed E-state index contributed by atoms with van der Waals surface area (Å²) >= 11 is 0. The van der Waals surface area contributed by atoms with Crippen LogP contribution in [0.2, 0.25) is 0 Å². The van der Waals surface area contributed by atoms with Gasteiger partial charge in [0.1, 0.15) is 5.75 Å². The average molecular weight is 254 g/mol. The number of para-hydroxylation sites is 1. The minimum absolute atomic E-state index is 0.185. The van der Waals surface area contributed by atoms with Crippen LogP contribution in [0.5, 0.6) is 5.75 Å².